The van der Waals surface area contributed by atoms with Crippen LogP contribution in [0.2, 0.25) is 0 Å². The predicted octanol–water partition coefficient (Wildman–Crippen LogP) is 3.79. The highest BCUT2D eigenvalue weighted by molar-refractivity contribution is 6.08. The van der Waals surface area contributed by atoms with Crippen LogP contribution in [0, 0.1) is 5.41 Å². The maximum absolute atomic E-state index is 13.5. The number of hydrogen-bond acceptors (Lipinski definition) is 2. The zero-order valence-electron chi connectivity index (χ0n) is 16.7. The lowest BCUT2D eigenvalue weighted by atomic mass is 9.96. The van der Waals surface area contributed by atoms with E-state index in [0.29, 0.717) is 32.5 Å². The Labute approximate surface area is 167 Å². The van der Waals surface area contributed by atoms with E-state index in [9.17, 15) is 9.59 Å². The molecule has 28 heavy (non-hydrogen) atoms. The Bertz CT molecular complexity index is 871. The molecule has 4 rings (SSSR count). The molecule has 4 nitrogen and oxygen atoms in total. The molecule has 0 atom stereocenters. The number of hydrogen-bond donors (Lipinski definition) is 0. The van der Waals surface area contributed by atoms with Gasteiger partial charge in [0.05, 0.1) is 0 Å². The maximum atomic E-state index is 13.5. The summed E-state index contributed by atoms with van der Waals surface area (Å²) in [4.78, 5) is 30.6. The second-order valence-electron chi connectivity index (χ2n) is 8.34. The van der Waals surface area contributed by atoms with Crippen molar-refractivity contribution in [1.29, 1.82) is 0 Å². The number of carbonyl (C=O) groups is 2. The molecule has 2 amide bonds. The number of rotatable bonds is 5. The highest BCUT2D eigenvalue weighted by Gasteiger charge is 2.59. The summed E-state index contributed by atoms with van der Waals surface area (Å²) < 4.78 is 0. The largest absolute Gasteiger partial charge is 0.337 e. The Morgan fingerprint density at radius 2 is 1.64 bits per heavy atom. The summed E-state index contributed by atoms with van der Waals surface area (Å²) in [6.07, 6.45) is 2.20. The summed E-state index contributed by atoms with van der Waals surface area (Å²) in [6.45, 7) is 5.92. The van der Waals surface area contributed by atoms with Gasteiger partial charge in [0.1, 0.15) is 5.41 Å². The van der Waals surface area contributed by atoms with Gasteiger partial charge in [-0.15, -0.1) is 0 Å². The fourth-order valence-electron chi connectivity index (χ4n) is 4.16. The molecule has 1 saturated carbocycles. The van der Waals surface area contributed by atoms with E-state index < -0.39 is 5.41 Å². The summed E-state index contributed by atoms with van der Waals surface area (Å²) >= 11 is 0. The Morgan fingerprint density at radius 3 is 2.29 bits per heavy atom. The molecule has 1 aliphatic heterocycles. The third-order valence-electron chi connectivity index (χ3n) is 6.07. The molecule has 1 aliphatic carbocycles. The fraction of sp³-hybridized carbons (Fsp3) is 0.417. The minimum atomic E-state index is -0.842. The average Bonchev–Trinajstić information content (AvgIpc) is 3.53. The number of fused-ring (bicyclic) bond motifs is 1. The second kappa shape index (κ2) is 7.42. The van der Waals surface area contributed by atoms with Gasteiger partial charge in [-0.25, -0.2) is 0 Å². The minimum Gasteiger partial charge on any atom is -0.337 e. The highest BCUT2D eigenvalue weighted by atomic mass is 16.2. The molecule has 146 valence electrons. The van der Waals surface area contributed by atoms with Gasteiger partial charge >= 0.3 is 0 Å². The van der Waals surface area contributed by atoms with E-state index in [1.165, 1.54) is 11.1 Å². The van der Waals surface area contributed by atoms with Gasteiger partial charge in [0.2, 0.25) is 11.8 Å². The average molecular weight is 377 g/mol. The van der Waals surface area contributed by atoms with Gasteiger partial charge in [-0.3, -0.25) is 9.59 Å². The monoisotopic (exact) mass is 376 g/mol. The minimum absolute atomic E-state index is 0.00443. The van der Waals surface area contributed by atoms with E-state index in [-0.39, 0.29) is 17.9 Å². The highest BCUT2D eigenvalue weighted by Crippen LogP contribution is 2.49. The zero-order valence-corrected chi connectivity index (χ0v) is 16.7. The van der Waals surface area contributed by atoms with Crippen LogP contribution in [0.1, 0.15) is 43.4 Å². The van der Waals surface area contributed by atoms with E-state index in [0.717, 1.165) is 12.0 Å². The topological polar surface area (TPSA) is 40.6 Å². The SMILES string of the molecule is CC(C)N(Cc1ccccc1)C(=O)C1(C(=O)N2CCc3ccccc3C2)CC1. The molecule has 0 saturated heterocycles. The van der Waals surface area contributed by atoms with Crippen molar-refractivity contribution in [3.05, 3.63) is 71.3 Å². The number of nitrogens with zero attached hydrogens (tertiary/aromatic N) is 2. The first kappa shape index (κ1) is 18.7. The zero-order chi connectivity index (χ0) is 19.7. The van der Waals surface area contributed by atoms with E-state index in [1.54, 1.807) is 0 Å². The van der Waals surface area contributed by atoms with Crippen molar-refractivity contribution in [3.8, 4) is 0 Å². The lowest BCUT2D eigenvalue weighted by Gasteiger charge is -2.35. The van der Waals surface area contributed by atoms with Crippen LogP contribution in [-0.2, 0) is 29.1 Å². The first-order valence-corrected chi connectivity index (χ1v) is 10.2. The lowest BCUT2D eigenvalue weighted by Crippen LogP contribution is -2.49. The van der Waals surface area contributed by atoms with Gasteiger partial charge in [0, 0.05) is 25.7 Å². The van der Waals surface area contributed by atoms with Crippen LogP contribution in [0.25, 0.3) is 0 Å². The number of benzene rings is 2. The molecule has 4 heteroatoms. The number of amides is 2. The Morgan fingerprint density at radius 1 is 1.00 bits per heavy atom. The van der Waals surface area contributed by atoms with Gasteiger partial charge in [-0.05, 0) is 49.8 Å². The molecular formula is C24H28N2O2. The Kier molecular flexibility index (Phi) is 4.96. The van der Waals surface area contributed by atoms with Crippen molar-refractivity contribution < 1.29 is 9.59 Å². The third-order valence-corrected chi connectivity index (χ3v) is 6.07. The van der Waals surface area contributed by atoms with Crippen molar-refractivity contribution in [2.45, 2.75) is 52.2 Å². The van der Waals surface area contributed by atoms with E-state index in [2.05, 4.69) is 12.1 Å². The molecule has 0 N–H and O–H groups in total. The van der Waals surface area contributed by atoms with E-state index >= 15 is 0 Å². The van der Waals surface area contributed by atoms with Gasteiger partial charge in [-0.1, -0.05) is 54.6 Å². The van der Waals surface area contributed by atoms with Crippen molar-refractivity contribution >= 4 is 11.8 Å². The second-order valence-corrected chi connectivity index (χ2v) is 8.34. The molecule has 2 aromatic rings. The van der Waals surface area contributed by atoms with Crippen molar-refractivity contribution in [3.63, 3.8) is 0 Å². The predicted molar refractivity (Wildman–Crippen MR) is 109 cm³/mol. The molecule has 2 aromatic carbocycles. The van der Waals surface area contributed by atoms with Crippen molar-refractivity contribution in [2.24, 2.45) is 5.41 Å². The normalized spacial score (nSPS) is 17.2. The Hall–Kier alpha value is -2.62. The van der Waals surface area contributed by atoms with Crippen LogP contribution in [-0.4, -0.2) is 34.2 Å². The smallest absolute Gasteiger partial charge is 0.238 e. The van der Waals surface area contributed by atoms with Crippen LogP contribution in [0.3, 0.4) is 0 Å². The van der Waals surface area contributed by atoms with Gasteiger partial charge in [0.25, 0.3) is 0 Å². The molecule has 0 bridgehead atoms. The van der Waals surface area contributed by atoms with E-state index in [4.69, 9.17) is 0 Å². The maximum Gasteiger partial charge on any atom is 0.238 e. The molecule has 0 aromatic heterocycles. The molecule has 2 aliphatic rings. The van der Waals surface area contributed by atoms with Crippen molar-refractivity contribution in [2.75, 3.05) is 6.54 Å². The van der Waals surface area contributed by atoms with Crippen LogP contribution < -0.4 is 0 Å². The molecule has 1 heterocycles. The quantitative estimate of drug-likeness (QED) is 0.745. The lowest BCUT2D eigenvalue weighted by molar-refractivity contribution is -0.151. The molecule has 1 fully saturated rings. The first-order valence-electron chi connectivity index (χ1n) is 10.2. The molecule has 0 spiro atoms. The fourth-order valence-corrected chi connectivity index (χ4v) is 4.16. The molecule has 0 radical (unpaired) electrons. The van der Waals surface area contributed by atoms with E-state index in [1.807, 2.05) is 66.1 Å². The van der Waals surface area contributed by atoms with Crippen molar-refractivity contribution in [1.82, 2.24) is 9.80 Å². The third kappa shape index (κ3) is 3.44. The standard InChI is InChI=1S/C24H28N2O2/c1-18(2)26(16-19-8-4-3-5-9-19)23(28)24(13-14-24)22(27)25-15-12-20-10-6-7-11-21(20)17-25/h3-11,18H,12-17H2,1-2H3. The summed E-state index contributed by atoms with van der Waals surface area (Å²) in [5.74, 6) is 0.0147. The van der Waals surface area contributed by atoms with Crippen LogP contribution in [0.4, 0.5) is 0 Å². The van der Waals surface area contributed by atoms with Gasteiger partial charge in [0.15, 0.2) is 0 Å². The number of carbonyl (C=O) groups excluding carboxylic acids is 2. The summed E-state index contributed by atoms with van der Waals surface area (Å²) in [7, 11) is 0. The van der Waals surface area contributed by atoms with Gasteiger partial charge in [-0.2, -0.15) is 0 Å². The summed E-state index contributed by atoms with van der Waals surface area (Å²) in [5, 5.41) is 0. The Balaban J connectivity index is 1.52. The molecular weight excluding hydrogens is 348 g/mol. The summed E-state index contributed by atoms with van der Waals surface area (Å²) in [5.41, 5.74) is 2.77. The molecule has 0 unspecified atom stereocenters. The van der Waals surface area contributed by atoms with Gasteiger partial charge < -0.3 is 9.80 Å². The summed E-state index contributed by atoms with van der Waals surface area (Å²) in [6, 6.07) is 18.4. The van der Waals surface area contributed by atoms with Crippen LogP contribution >= 0.6 is 0 Å². The van der Waals surface area contributed by atoms with Crippen LogP contribution in [0.15, 0.2) is 54.6 Å². The van der Waals surface area contributed by atoms with Crippen LogP contribution in [0.5, 0.6) is 0 Å². The first-order chi connectivity index (χ1) is 13.5.